The number of amides is 1. The van der Waals surface area contributed by atoms with Crippen LogP contribution in [0.5, 0.6) is 0 Å². The van der Waals surface area contributed by atoms with E-state index in [0.29, 0.717) is 25.3 Å². The van der Waals surface area contributed by atoms with Crippen molar-refractivity contribution in [2.75, 3.05) is 19.7 Å². The molecule has 0 spiro atoms. The van der Waals surface area contributed by atoms with Crippen LogP contribution in [0.25, 0.3) is 0 Å². The van der Waals surface area contributed by atoms with Gasteiger partial charge in [0.15, 0.2) is 0 Å². The quantitative estimate of drug-likeness (QED) is 0.713. The summed E-state index contributed by atoms with van der Waals surface area (Å²) in [5, 5.41) is 0. The Balaban J connectivity index is 1.77. The molecule has 0 radical (unpaired) electrons. The van der Waals surface area contributed by atoms with Gasteiger partial charge in [0.2, 0.25) is 0 Å². The highest BCUT2D eigenvalue weighted by atomic mass is 79.9. The van der Waals surface area contributed by atoms with E-state index in [4.69, 9.17) is 4.74 Å². The van der Waals surface area contributed by atoms with Gasteiger partial charge in [-0.1, -0.05) is 40.2 Å². The molecular weight excluding hydrogens is 410 g/mol. The van der Waals surface area contributed by atoms with Crippen molar-refractivity contribution in [1.82, 2.24) is 4.90 Å². The monoisotopic (exact) mass is 423 g/mol. The van der Waals surface area contributed by atoms with Crippen LogP contribution in [-0.2, 0) is 4.74 Å². The lowest BCUT2D eigenvalue weighted by Gasteiger charge is -2.33. The van der Waals surface area contributed by atoms with E-state index in [-0.39, 0.29) is 12.0 Å². The van der Waals surface area contributed by atoms with Gasteiger partial charge in [-0.3, -0.25) is 4.79 Å². The maximum atomic E-state index is 12.7. The molecule has 22 heavy (non-hydrogen) atoms. The van der Waals surface area contributed by atoms with Crippen molar-refractivity contribution in [2.24, 2.45) is 0 Å². The number of carbonyl (C=O) groups is 1. The predicted molar refractivity (Wildman–Crippen MR) is 92.9 cm³/mol. The lowest BCUT2D eigenvalue weighted by atomic mass is 10.1. The van der Waals surface area contributed by atoms with E-state index >= 15 is 0 Å². The second kappa shape index (κ2) is 6.94. The standard InChI is InChI=1S/C17H15Br2NO2/c18-13-7-5-12(6-8-13)16-11-20(9-10-22-16)17(21)14-3-1-2-4-15(14)19/h1-8,16H,9-11H2. The van der Waals surface area contributed by atoms with Gasteiger partial charge in [0, 0.05) is 15.5 Å². The normalized spacial score (nSPS) is 18.3. The molecule has 3 rings (SSSR count). The van der Waals surface area contributed by atoms with Crippen molar-refractivity contribution in [1.29, 1.82) is 0 Å². The molecule has 5 heteroatoms. The third kappa shape index (κ3) is 3.42. The molecule has 1 fully saturated rings. The maximum Gasteiger partial charge on any atom is 0.255 e. The SMILES string of the molecule is O=C(c1ccccc1Br)N1CCOC(c2ccc(Br)cc2)C1. The zero-order valence-electron chi connectivity index (χ0n) is 11.8. The molecule has 1 atom stereocenters. The molecule has 0 saturated carbocycles. The van der Waals surface area contributed by atoms with Gasteiger partial charge >= 0.3 is 0 Å². The first-order chi connectivity index (χ1) is 10.6. The molecular formula is C17H15Br2NO2. The summed E-state index contributed by atoms with van der Waals surface area (Å²) < 4.78 is 7.69. The highest BCUT2D eigenvalue weighted by Crippen LogP contribution is 2.26. The fraction of sp³-hybridized carbons (Fsp3) is 0.235. The van der Waals surface area contributed by atoms with E-state index in [1.165, 1.54) is 0 Å². The molecule has 1 aliphatic rings. The highest BCUT2D eigenvalue weighted by molar-refractivity contribution is 9.10. The van der Waals surface area contributed by atoms with Crippen molar-refractivity contribution in [3.05, 3.63) is 68.6 Å². The first kappa shape index (κ1) is 15.7. The molecule has 2 aromatic rings. The summed E-state index contributed by atoms with van der Waals surface area (Å²) >= 11 is 6.88. The number of carbonyl (C=O) groups excluding carboxylic acids is 1. The molecule has 0 aromatic heterocycles. The van der Waals surface area contributed by atoms with Gasteiger partial charge in [-0.2, -0.15) is 0 Å². The number of hydrogen-bond acceptors (Lipinski definition) is 2. The van der Waals surface area contributed by atoms with E-state index < -0.39 is 0 Å². The number of benzene rings is 2. The average molecular weight is 425 g/mol. The highest BCUT2D eigenvalue weighted by Gasteiger charge is 2.26. The van der Waals surface area contributed by atoms with Gasteiger partial charge in [-0.05, 0) is 45.8 Å². The third-order valence-corrected chi connectivity index (χ3v) is 4.92. The summed E-state index contributed by atoms with van der Waals surface area (Å²) in [6.45, 7) is 1.74. The lowest BCUT2D eigenvalue weighted by molar-refractivity contribution is -0.0228. The summed E-state index contributed by atoms with van der Waals surface area (Å²) in [5.41, 5.74) is 1.78. The molecule has 0 N–H and O–H groups in total. The van der Waals surface area contributed by atoms with Crippen LogP contribution in [0.1, 0.15) is 22.0 Å². The smallest absolute Gasteiger partial charge is 0.255 e. The fourth-order valence-electron chi connectivity index (χ4n) is 2.52. The molecule has 3 nitrogen and oxygen atoms in total. The molecule has 1 amide bonds. The van der Waals surface area contributed by atoms with Crippen LogP contribution in [0.15, 0.2) is 57.5 Å². The topological polar surface area (TPSA) is 29.5 Å². The van der Waals surface area contributed by atoms with Gasteiger partial charge in [0.25, 0.3) is 5.91 Å². The first-order valence-electron chi connectivity index (χ1n) is 7.06. The van der Waals surface area contributed by atoms with Gasteiger partial charge in [-0.25, -0.2) is 0 Å². The van der Waals surface area contributed by atoms with Gasteiger partial charge in [0.1, 0.15) is 6.10 Å². The third-order valence-electron chi connectivity index (χ3n) is 3.70. The number of halogens is 2. The largest absolute Gasteiger partial charge is 0.370 e. The number of rotatable bonds is 2. The van der Waals surface area contributed by atoms with E-state index in [2.05, 4.69) is 31.9 Å². The molecule has 0 aliphatic carbocycles. The average Bonchev–Trinajstić information content (AvgIpc) is 2.55. The Morgan fingerprint density at radius 2 is 1.82 bits per heavy atom. The summed E-state index contributed by atoms with van der Waals surface area (Å²) in [5.74, 6) is 0.0397. The number of nitrogens with zero attached hydrogens (tertiary/aromatic N) is 1. The summed E-state index contributed by atoms with van der Waals surface area (Å²) in [4.78, 5) is 14.5. The molecule has 1 heterocycles. The zero-order valence-corrected chi connectivity index (χ0v) is 15.0. The van der Waals surface area contributed by atoms with Crippen LogP contribution < -0.4 is 0 Å². The van der Waals surface area contributed by atoms with E-state index in [9.17, 15) is 4.79 Å². The minimum Gasteiger partial charge on any atom is -0.370 e. The van der Waals surface area contributed by atoms with Crippen molar-refractivity contribution < 1.29 is 9.53 Å². The van der Waals surface area contributed by atoms with Crippen LogP contribution in [-0.4, -0.2) is 30.5 Å². The van der Waals surface area contributed by atoms with Gasteiger partial charge < -0.3 is 9.64 Å². The molecule has 114 valence electrons. The van der Waals surface area contributed by atoms with Crippen molar-refractivity contribution in [3.8, 4) is 0 Å². The Kier molecular flexibility index (Phi) is 4.96. The van der Waals surface area contributed by atoms with Crippen molar-refractivity contribution in [3.63, 3.8) is 0 Å². The predicted octanol–water partition coefficient (Wildman–Crippen LogP) is 4.43. The van der Waals surface area contributed by atoms with E-state index in [1.807, 2.05) is 53.4 Å². The molecule has 2 aromatic carbocycles. The Hall–Kier alpha value is -1.17. The number of ether oxygens (including phenoxy) is 1. The van der Waals surface area contributed by atoms with Gasteiger partial charge in [-0.15, -0.1) is 0 Å². The second-order valence-electron chi connectivity index (χ2n) is 5.14. The summed E-state index contributed by atoms with van der Waals surface area (Å²) in [6.07, 6.45) is -0.0757. The Bertz CT molecular complexity index is 673. The van der Waals surface area contributed by atoms with Crippen LogP contribution in [0.4, 0.5) is 0 Å². The molecule has 1 saturated heterocycles. The summed E-state index contributed by atoms with van der Waals surface area (Å²) in [7, 11) is 0. The Morgan fingerprint density at radius 1 is 1.09 bits per heavy atom. The molecule has 1 unspecified atom stereocenters. The summed E-state index contributed by atoms with van der Waals surface area (Å²) in [6, 6.07) is 15.6. The maximum absolute atomic E-state index is 12.7. The second-order valence-corrected chi connectivity index (χ2v) is 6.91. The zero-order chi connectivity index (χ0) is 15.5. The van der Waals surface area contributed by atoms with Crippen molar-refractivity contribution >= 4 is 37.8 Å². The lowest BCUT2D eigenvalue weighted by Crippen LogP contribution is -2.42. The molecule has 1 aliphatic heterocycles. The van der Waals surface area contributed by atoms with E-state index in [0.717, 1.165) is 14.5 Å². The van der Waals surface area contributed by atoms with Crippen LogP contribution in [0.3, 0.4) is 0 Å². The van der Waals surface area contributed by atoms with Crippen LogP contribution in [0, 0.1) is 0 Å². The first-order valence-corrected chi connectivity index (χ1v) is 8.64. The van der Waals surface area contributed by atoms with E-state index in [1.54, 1.807) is 0 Å². The van der Waals surface area contributed by atoms with Crippen LogP contribution in [0.2, 0.25) is 0 Å². The number of morpholine rings is 1. The Morgan fingerprint density at radius 3 is 2.55 bits per heavy atom. The minimum absolute atomic E-state index is 0.0397. The fourth-order valence-corrected chi connectivity index (χ4v) is 3.24. The van der Waals surface area contributed by atoms with Gasteiger partial charge in [0.05, 0.1) is 18.7 Å². The number of hydrogen-bond donors (Lipinski definition) is 0. The minimum atomic E-state index is -0.0757. The van der Waals surface area contributed by atoms with Crippen LogP contribution >= 0.6 is 31.9 Å². The molecule has 0 bridgehead atoms. The Labute approximate surface area is 146 Å². The van der Waals surface area contributed by atoms with Crippen molar-refractivity contribution in [2.45, 2.75) is 6.10 Å².